The molecule has 2 aromatic rings. The highest BCUT2D eigenvalue weighted by Crippen LogP contribution is 2.17. The number of anilines is 1. The highest BCUT2D eigenvalue weighted by Gasteiger charge is 2.10. The Hall–Kier alpha value is -1.26. The second kappa shape index (κ2) is 6.78. The van der Waals surface area contributed by atoms with E-state index in [1.807, 2.05) is 24.3 Å². The molecule has 0 radical (unpaired) electrons. The van der Waals surface area contributed by atoms with Gasteiger partial charge in [-0.25, -0.2) is 0 Å². The topological polar surface area (TPSA) is 42.2 Å². The second-order valence-corrected chi connectivity index (χ2v) is 5.21. The van der Waals surface area contributed by atoms with Crippen LogP contribution in [-0.4, -0.2) is 11.8 Å². The van der Waals surface area contributed by atoms with Crippen molar-refractivity contribution < 1.29 is 9.21 Å². The summed E-state index contributed by atoms with van der Waals surface area (Å²) in [5.41, 5.74) is 1.91. The van der Waals surface area contributed by atoms with Crippen LogP contribution in [0.3, 0.4) is 0 Å². The second-order valence-electron chi connectivity index (χ2n) is 4.05. The van der Waals surface area contributed by atoms with Crippen molar-refractivity contribution in [1.82, 2.24) is 0 Å². The van der Waals surface area contributed by atoms with E-state index in [1.165, 1.54) is 0 Å². The van der Waals surface area contributed by atoms with Crippen LogP contribution in [0, 0.1) is 0 Å². The van der Waals surface area contributed by atoms with Crippen molar-refractivity contribution in [2.24, 2.45) is 0 Å². The highest BCUT2D eigenvalue weighted by molar-refractivity contribution is 9.10. The molecular weight excluding hydrogens is 330 g/mol. The van der Waals surface area contributed by atoms with Gasteiger partial charge < -0.3 is 9.73 Å². The summed E-state index contributed by atoms with van der Waals surface area (Å²) < 4.78 is 5.74. The van der Waals surface area contributed by atoms with E-state index >= 15 is 0 Å². The van der Waals surface area contributed by atoms with Gasteiger partial charge in [0.1, 0.15) is 0 Å². The first-order chi connectivity index (χ1) is 9.19. The van der Waals surface area contributed by atoms with E-state index < -0.39 is 0 Å². The maximum atomic E-state index is 11.9. The lowest BCUT2D eigenvalue weighted by Crippen LogP contribution is -2.10. The van der Waals surface area contributed by atoms with Crippen LogP contribution in [0.25, 0.3) is 0 Å². The molecule has 3 nitrogen and oxygen atoms in total. The van der Waals surface area contributed by atoms with E-state index in [0.717, 1.165) is 24.1 Å². The monoisotopic (exact) mass is 341 g/mol. The maximum Gasteiger partial charge on any atom is 0.291 e. The summed E-state index contributed by atoms with van der Waals surface area (Å²) in [7, 11) is 0. The first kappa shape index (κ1) is 14.2. The Balaban J connectivity index is 2.04. The van der Waals surface area contributed by atoms with Crippen LogP contribution in [0.4, 0.5) is 5.69 Å². The Labute approximate surface area is 125 Å². The summed E-state index contributed by atoms with van der Waals surface area (Å²) >= 11 is 8.84. The van der Waals surface area contributed by atoms with Crippen molar-refractivity contribution in [3.63, 3.8) is 0 Å². The van der Waals surface area contributed by atoms with Crippen molar-refractivity contribution in [1.29, 1.82) is 0 Å². The zero-order valence-corrected chi connectivity index (χ0v) is 12.5. The molecule has 1 heterocycles. The Morgan fingerprint density at radius 2 is 2.16 bits per heavy atom. The van der Waals surface area contributed by atoms with Gasteiger partial charge in [0, 0.05) is 11.6 Å². The Kier molecular flexibility index (Phi) is 5.05. The zero-order chi connectivity index (χ0) is 13.7. The molecule has 0 aliphatic rings. The van der Waals surface area contributed by atoms with Gasteiger partial charge in [0.2, 0.25) is 0 Å². The third kappa shape index (κ3) is 4.11. The number of alkyl halides is 1. The van der Waals surface area contributed by atoms with Gasteiger partial charge in [-0.2, -0.15) is 0 Å². The third-order valence-corrected chi connectivity index (χ3v) is 3.27. The number of nitrogens with one attached hydrogen (secondary N) is 1. The van der Waals surface area contributed by atoms with E-state index in [0.29, 0.717) is 10.5 Å². The molecule has 19 heavy (non-hydrogen) atoms. The Morgan fingerprint density at radius 1 is 1.32 bits per heavy atom. The van der Waals surface area contributed by atoms with Crippen molar-refractivity contribution in [2.45, 2.75) is 12.8 Å². The molecule has 5 heteroatoms. The van der Waals surface area contributed by atoms with Gasteiger partial charge in [0.15, 0.2) is 10.4 Å². The molecule has 0 atom stereocenters. The Bertz CT molecular complexity index is 568. The van der Waals surface area contributed by atoms with Crippen LogP contribution < -0.4 is 5.32 Å². The fourth-order valence-corrected chi connectivity index (χ4v) is 2.14. The molecule has 0 unspecified atom stereocenters. The number of amides is 1. The smallest absolute Gasteiger partial charge is 0.291 e. The minimum Gasteiger partial charge on any atom is -0.444 e. The van der Waals surface area contributed by atoms with E-state index in [-0.39, 0.29) is 11.7 Å². The third-order valence-electron chi connectivity index (χ3n) is 2.58. The molecule has 1 aromatic heterocycles. The molecule has 0 fully saturated rings. The van der Waals surface area contributed by atoms with Crippen molar-refractivity contribution >= 4 is 39.1 Å². The number of carbonyl (C=O) groups is 1. The molecule has 1 N–H and O–H groups in total. The first-order valence-electron chi connectivity index (χ1n) is 5.90. The quantitative estimate of drug-likeness (QED) is 0.815. The first-order valence-corrected chi connectivity index (χ1v) is 7.23. The van der Waals surface area contributed by atoms with Crippen LogP contribution in [0.5, 0.6) is 0 Å². The lowest BCUT2D eigenvalue weighted by Gasteiger charge is -2.05. The van der Waals surface area contributed by atoms with Crippen molar-refractivity contribution in [3.05, 3.63) is 52.4 Å². The lowest BCUT2D eigenvalue weighted by atomic mass is 10.1. The Morgan fingerprint density at radius 3 is 2.84 bits per heavy atom. The molecule has 0 saturated carbocycles. The number of benzene rings is 1. The normalized spacial score (nSPS) is 10.4. The number of furan rings is 1. The lowest BCUT2D eigenvalue weighted by molar-refractivity contribution is 0.0995. The predicted octanol–water partition coefficient (Wildman–Crippen LogP) is 4.47. The van der Waals surface area contributed by atoms with Gasteiger partial charge in [-0.05, 0) is 58.6 Å². The summed E-state index contributed by atoms with van der Waals surface area (Å²) in [5.74, 6) is 0.648. The number of rotatable bonds is 5. The largest absolute Gasteiger partial charge is 0.444 e. The number of hydrogen-bond acceptors (Lipinski definition) is 2. The molecule has 1 aromatic carbocycles. The minimum absolute atomic E-state index is 0.264. The van der Waals surface area contributed by atoms with Crippen LogP contribution in [0.15, 0.2) is 45.5 Å². The average Bonchev–Trinajstić information content (AvgIpc) is 2.83. The van der Waals surface area contributed by atoms with Gasteiger partial charge in [0.25, 0.3) is 5.91 Å². The van der Waals surface area contributed by atoms with E-state index in [1.54, 1.807) is 12.1 Å². The van der Waals surface area contributed by atoms with Crippen LogP contribution in [0.1, 0.15) is 22.5 Å². The molecule has 0 saturated heterocycles. The summed E-state index contributed by atoms with van der Waals surface area (Å²) in [6.45, 7) is 0. The standard InChI is InChI=1S/C14H13BrClNO2/c15-13-7-6-12(19-13)14(18)17-11-5-1-3-10(9-11)4-2-8-16/h1,3,5-7,9H,2,4,8H2,(H,17,18). The highest BCUT2D eigenvalue weighted by atomic mass is 79.9. The number of carbonyl (C=O) groups excluding carboxylic acids is 1. The molecule has 0 bridgehead atoms. The van der Waals surface area contributed by atoms with Gasteiger partial charge in [0.05, 0.1) is 0 Å². The van der Waals surface area contributed by atoms with E-state index in [2.05, 4.69) is 21.2 Å². The van der Waals surface area contributed by atoms with Crippen LogP contribution >= 0.6 is 27.5 Å². The summed E-state index contributed by atoms with van der Waals surface area (Å²) in [4.78, 5) is 11.9. The number of halogens is 2. The summed E-state index contributed by atoms with van der Waals surface area (Å²) in [5, 5.41) is 2.80. The fraction of sp³-hybridized carbons (Fsp3) is 0.214. The van der Waals surface area contributed by atoms with Crippen LogP contribution in [-0.2, 0) is 6.42 Å². The predicted molar refractivity (Wildman–Crippen MR) is 79.8 cm³/mol. The fourth-order valence-electron chi connectivity index (χ4n) is 1.70. The molecule has 1 amide bonds. The average molecular weight is 343 g/mol. The molecule has 0 spiro atoms. The van der Waals surface area contributed by atoms with E-state index in [4.69, 9.17) is 16.0 Å². The summed E-state index contributed by atoms with van der Waals surface area (Å²) in [6.07, 6.45) is 1.82. The zero-order valence-electron chi connectivity index (χ0n) is 10.2. The summed E-state index contributed by atoms with van der Waals surface area (Å²) in [6, 6.07) is 11.0. The molecule has 2 rings (SSSR count). The molecule has 0 aliphatic carbocycles. The van der Waals surface area contributed by atoms with Crippen molar-refractivity contribution in [3.8, 4) is 0 Å². The number of aryl methyl sites for hydroxylation is 1. The van der Waals surface area contributed by atoms with Gasteiger partial charge in [-0.15, -0.1) is 11.6 Å². The SMILES string of the molecule is O=C(Nc1cccc(CCCCl)c1)c1ccc(Br)o1. The molecule has 0 aliphatic heterocycles. The van der Waals surface area contributed by atoms with Crippen molar-refractivity contribution in [2.75, 3.05) is 11.2 Å². The maximum absolute atomic E-state index is 11.9. The van der Waals surface area contributed by atoms with Gasteiger partial charge >= 0.3 is 0 Å². The molecular formula is C14H13BrClNO2. The van der Waals surface area contributed by atoms with Crippen LogP contribution in [0.2, 0.25) is 0 Å². The van der Waals surface area contributed by atoms with E-state index in [9.17, 15) is 4.79 Å². The number of hydrogen-bond donors (Lipinski definition) is 1. The minimum atomic E-state index is -0.264. The molecule has 100 valence electrons. The van der Waals surface area contributed by atoms with Gasteiger partial charge in [-0.3, -0.25) is 4.79 Å². The van der Waals surface area contributed by atoms with Gasteiger partial charge in [-0.1, -0.05) is 12.1 Å².